The summed E-state index contributed by atoms with van der Waals surface area (Å²) < 4.78 is 5.58. The molecule has 0 bridgehead atoms. The Bertz CT molecular complexity index is 298. The molecule has 0 aliphatic rings. The summed E-state index contributed by atoms with van der Waals surface area (Å²) in [7, 11) is 0. The van der Waals surface area contributed by atoms with Crippen molar-refractivity contribution in [3.8, 4) is 5.75 Å². The molecule has 90 valence electrons. The highest BCUT2D eigenvalue weighted by molar-refractivity contribution is 6.21. The van der Waals surface area contributed by atoms with Crippen LogP contribution in [0.1, 0.15) is 20.8 Å². The first-order valence-electron chi connectivity index (χ1n) is 5.59. The van der Waals surface area contributed by atoms with Crippen LogP contribution in [0.25, 0.3) is 0 Å². The number of para-hydroxylation sites is 1. The lowest BCUT2D eigenvalue weighted by Gasteiger charge is -2.29. The second-order valence-electron chi connectivity index (χ2n) is 4.43. The summed E-state index contributed by atoms with van der Waals surface area (Å²) in [5.41, 5.74) is -0.0679. The lowest BCUT2D eigenvalue weighted by atomic mass is 10.0. The van der Waals surface area contributed by atoms with Crippen molar-refractivity contribution >= 4 is 11.6 Å². The number of nitrogens with one attached hydrogen (secondary N) is 1. The van der Waals surface area contributed by atoms with Crippen LogP contribution in [0, 0.1) is 0 Å². The quantitative estimate of drug-likeness (QED) is 0.611. The zero-order chi connectivity index (χ0) is 12.0. The fourth-order valence-corrected chi connectivity index (χ4v) is 1.28. The first-order valence-corrected chi connectivity index (χ1v) is 6.03. The van der Waals surface area contributed by atoms with Crippen molar-refractivity contribution in [3.05, 3.63) is 30.3 Å². The smallest absolute Gasteiger partial charge is 0.119 e. The lowest BCUT2D eigenvalue weighted by Crippen LogP contribution is -2.47. The van der Waals surface area contributed by atoms with Gasteiger partial charge in [0, 0.05) is 17.5 Å². The Morgan fingerprint density at radius 1 is 1.31 bits per heavy atom. The average Bonchev–Trinajstić information content (AvgIpc) is 2.26. The summed E-state index contributed by atoms with van der Waals surface area (Å²) in [5, 5.41) is 3.46. The standard InChI is InChI=1S/C13H20ClNO/c1-11(14)13(2,3)15-9-10-16-12-7-5-4-6-8-12/h4-8,11,15H,9-10H2,1-3H3. The Hall–Kier alpha value is -0.730. The molecule has 0 saturated carbocycles. The first kappa shape index (κ1) is 13.3. The third kappa shape index (κ3) is 4.42. The molecule has 1 aromatic rings. The number of ether oxygens (including phenoxy) is 1. The number of hydrogen-bond donors (Lipinski definition) is 1. The van der Waals surface area contributed by atoms with Gasteiger partial charge in [-0.05, 0) is 32.9 Å². The van der Waals surface area contributed by atoms with Gasteiger partial charge in [-0.1, -0.05) is 18.2 Å². The van der Waals surface area contributed by atoms with Crippen LogP contribution in [0.15, 0.2) is 30.3 Å². The SMILES string of the molecule is CC(Cl)C(C)(C)NCCOc1ccccc1. The summed E-state index contributed by atoms with van der Waals surface area (Å²) in [5.74, 6) is 0.904. The molecule has 0 aliphatic carbocycles. The van der Waals surface area contributed by atoms with E-state index in [-0.39, 0.29) is 10.9 Å². The fourth-order valence-electron chi connectivity index (χ4n) is 1.20. The van der Waals surface area contributed by atoms with Gasteiger partial charge in [-0.2, -0.15) is 0 Å². The zero-order valence-corrected chi connectivity index (χ0v) is 10.9. The molecule has 1 rings (SSSR count). The predicted octanol–water partition coefficient (Wildman–Crippen LogP) is 3.06. The minimum Gasteiger partial charge on any atom is -0.492 e. The van der Waals surface area contributed by atoms with E-state index < -0.39 is 0 Å². The molecule has 0 aromatic heterocycles. The van der Waals surface area contributed by atoms with E-state index in [1.807, 2.05) is 37.3 Å². The molecule has 16 heavy (non-hydrogen) atoms. The number of rotatable bonds is 6. The van der Waals surface area contributed by atoms with E-state index in [9.17, 15) is 0 Å². The largest absolute Gasteiger partial charge is 0.492 e. The minimum absolute atomic E-state index is 0.0679. The molecule has 0 radical (unpaired) electrons. The van der Waals surface area contributed by atoms with Crippen molar-refractivity contribution in [1.29, 1.82) is 0 Å². The van der Waals surface area contributed by atoms with Gasteiger partial charge in [0.25, 0.3) is 0 Å². The molecule has 0 saturated heterocycles. The third-order valence-electron chi connectivity index (χ3n) is 2.69. The number of halogens is 1. The summed E-state index contributed by atoms with van der Waals surface area (Å²) in [6, 6.07) is 9.81. The summed E-state index contributed by atoms with van der Waals surface area (Å²) in [6.45, 7) is 7.61. The first-order chi connectivity index (χ1) is 7.52. The second kappa shape index (κ2) is 6.12. The Balaban J connectivity index is 2.22. The molecule has 2 nitrogen and oxygen atoms in total. The van der Waals surface area contributed by atoms with Crippen molar-refractivity contribution < 1.29 is 4.74 Å². The van der Waals surface area contributed by atoms with Crippen LogP contribution in [0.2, 0.25) is 0 Å². The van der Waals surface area contributed by atoms with Crippen LogP contribution in [0.4, 0.5) is 0 Å². The molecule has 1 unspecified atom stereocenters. The summed E-state index contributed by atoms with van der Waals surface area (Å²) in [4.78, 5) is 0. The van der Waals surface area contributed by atoms with E-state index in [4.69, 9.17) is 16.3 Å². The molecule has 1 atom stereocenters. The van der Waals surface area contributed by atoms with Crippen LogP contribution in [0.3, 0.4) is 0 Å². The monoisotopic (exact) mass is 241 g/mol. The molecule has 0 aliphatic heterocycles. The van der Waals surface area contributed by atoms with Gasteiger partial charge in [-0.25, -0.2) is 0 Å². The van der Waals surface area contributed by atoms with Crippen LogP contribution < -0.4 is 10.1 Å². The molecular formula is C13H20ClNO. The van der Waals surface area contributed by atoms with Crippen LogP contribution in [0.5, 0.6) is 5.75 Å². The van der Waals surface area contributed by atoms with Gasteiger partial charge in [0.05, 0.1) is 0 Å². The summed E-state index contributed by atoms with van der Waals surface area (Å²) >= 11 is 6.06. The lowest BCUT2D eigenvalue weighted by molar-refractivity contribution is 0.282. The normalized spacial score (nSPS) is 13.5. The molecule has 1 N–H and O–H groups in total. The molecule has 0 spiro atoms. The Morgan fingerprint density at radius 3 is 2.50 bits per heavy atom. The van der Waals surface area contributed by atoms with Gasteiger partial charge in [0.2, 0.25) is 0 Å². The van der Waals surface area contributed by atoms with Crippen molar-refractivity contribution in [3.63, 3.8) is 0 Å². The Labute approximate surface area is 103 Å². The molecule has 0 fully saturated rings. The predicted molar refractivity (Wildman–Crippen MR) is 69.3 cm³/mol. The number of alkyl halides is 1. The molecule has 1 aromatic carbocycles. The number of benzene rings is 1. The topological polar surface area (TPSA) is 21.3 Å². The van der Waals surface area contributed by atoms with Gasteiger partial charge in [-0.3, -0.25) is 0 Å². The molecule has 3 heteroatoms. The van der Waals surface area contributed by atoms with Crippen LogP contribution >= 0.6 is 11.6 Å². The Kier molecular flexibility index (Phi) is 5.10. The highest BCUT2D eigenvalue weighted by Gasteiger charge is 2.22. The highest BCUT2D eigenvalue weighted by atomic mass is 35.5. The van der Waals surface area contributed by atoms with Gasteiger partial charge >= 0.3 is 0 Å². The van der Waals surface area contributed by atoms with Gasteiger partial charge in [0.15, 0.2) is 0 Å². The van der Waals surface area contributed by atoms with E-state index >= 15 is 0 Å². The van der Waals surface area contributed by atoms with Crippen molar-refractivity contribution in [2.75, 3.05) is 13.2 Å². The van der Waals surface area contributed by atoms with E-state index in [0.717, 1.165) is 12.3 Å². The summed E-state index contributed by atoms with van der Waals surface area (Å²) in [6.07, 6.45) is 0. The maximum atomic E-state index is 6.06. The van der Waals surface area contributed by atoms with Crippen molar-refractivity contribution in [1.82, 2.24) is 5.32 Å². The van der Waals surface area contributed by atoms with Crippen molar-refractivity contribution in [2.45, 2.75) is 31.7 Å². The van der Waals surface area contributed by atoms with Crippen molar-refractivity contribution in [2.24, 2.45) is 0 Å². The zero-order valence-electron chi connectivity index (χ0n) is 10.2. The maximum Gasteiger partial charge on any atom is 0.119 e. The average molecular weight is 242 g/mol. The molecule has 0 amide bonds. The maximum absolute atomic E-state index is 6.06. The molecular weight excluding hydrogens is 222 g/mol. The number of hydrogen-bond acceptors (Lipinski definition) is 2. The Morgan fingerprint density at radius 2 is 1.94 bits per heavy atom. The fraction of sp³-hybridized carbons (Fsp3) is 0.538. The van der Waals surface area contributed by atoms with Gasteiger partial charge in [-0.15, -0.1) is 11.6 Å². The second-order valence-corrected chi connectivity index (χ2v) is 5.08. The van der Waals surface area contributed by atoms with E-state index in [2.05, 4.69) is 19.2 Å². The van der Waals surface area contributed by atoms with E-state index in [1.54, 1.807) is 0 Å². The van der Waals surface area contributed by atoms with E-state index in [1.165, 1.54) is 0 Å². The minimum atomic E-state index is -0.0679. The molecule has 0 heterocycles. The van der Waals surface area contributed by atoms with Crippen LogP contribution in [-0.4, -0.2) is 24.1 Å². The van der Waals surface area contributed by atoms with Gasteiger partial charge in [0.1, 0.15) is 12.4 Å². The highest BCUT2D eigenvalue weighted by Crippen LogP contribution is 2.14. The van der Waals surface area contributed by atoms with Gasteiger partial charge < -0.3 is 10.1 Å². The van der Waals surface area contributed by atoms with E-state index in [0.29, 0.717) is 6.61 Å². The van der Waals surface area contributed by atoms with Crippen LogP contribution in [-0.2, 0) is 0 Å². The third-order valence-corrected chi connectivity index (χ3v) is 3.23.